The average molecular weight is 355 g/mol. The molecule has 0 fully saturated rings. The van der Waals surface area contributed by atoms with Crippen LogP contribution in [0.2, 0.25) is 0 Å². The quantitative estimate of drug-likeness (QED) is 0.520. The monoisotopic (exact) mass is 355 g/mol. The van der Waals surface area contributed by atoms with Crippen LogP contribution in [-0.2, 0) is 9.53 Å². The maximum Gasteiger partial charge on any atom is 0.339 e. The van der Waals surface area contributed by atoms with Crippen molar-refractivity contribution in [2.75, 3.05) is 24.8 Å². The van der Waals surface area contributed by atoms with Crippen molar-refractivity contribution in [1.82, 2.24) is 9.38 Å². The Labute approximate surface area is 149 Å². The number of ether oxygens (including phenoxy) is 1. The summed E-state index contributed by atoms with van der Waals surface area (Å²) in [7, 11) is 2.97. The van der Waals surface area contributed by atoms with Crippen LogP contribution >= 0.6 is 11.8 Å². The van der Waals surface area contributed by atoms with Gasteiger partial charge >= 0.3 is 5.97 Å². The number of fused-ring (bicyclic) bond motifs is 1. The van der Waals surface area contributed by atoms with Gasteiger partial charge in [-0.3, -0.25) is 9.20 Å². The molecule has 25 heavy (non-hydrogen) atoms. The Balaban J connectivity index is 1.74. The number of pyridine rings is 1. The standard InChI is InChI=1S/C18H17N3O3S/c1-20(15-9-4-3-8-14(15)17(23)24-2)16(22)12-25-18-19-11-13-7-5-6-10-21(13)18/h3-11H,12H2,1-2H3. The summed E-state index contributed by atoms with van der Waals surface area (Å²) in [5.41, 5.74) is 1.85. The molecule has 0 N–H and O–H groups in total. The fourth-order valence-corrected chi connectivity index (χ4v) is 3.31. The molecule has 1 amide bonds. The predicted molar refractivity (Wildman–Crippen MR) is 97.1 cm³/mol. The second-order valence-corrected chi connectivity index (χ2v) is 6.23. The highest BCUT2D eigenvalue weighted by Crippen LogP contribution is 2.23. The van der Waals surface area contributed by atoms with Crippen molar-refractivity contribution < 1.29 is 14.3 Å². The normalized spacial score (nSPS) is 10.6. The second kappa shape index (κ2) is 7.40. The highest BCUT2D eigenvalue weighted by molar-refractivity contribution is 7.99. The predicted octanol–water partition coefficient (Wildman–Crippen LogP) is 2.88. The molecule has 2 heterocycles. The number of imidazole rings is 1. The first-order chi connectivity index (χ1) is 12.1. The lowest BCUT2D eigenvalue weighted by Crippen LogP contribution is -2.29. The molecular weight excluding hydrogens is 338 g/mol. The topological polar surface area (TPSA) is 63.9 Å². The molecule has 1 aromatic carbocycles. The number of thioether (sulfide) groups is 1. The van der Waals surface area contributed by atoms with Crippen molar-refractivity contribution in [2.45, 2.75) is 5.16 Å². The fraction of sp³-hybridized carbons (Fsp3) is 0.167. The number of rotatable bonds is 5. The number of nitrogens with zero attached hydrogens (tertiary/aromatic N) is 3. The van der Waals surface area contributed by atoms with Gasteiger partial charge in [-0.15, -0.1) is 0 Å². The number of amides is 1. The van der Waals surface area contributed by atoms with E-state index in [1.165, 1.54) is 23.8 Å². The number of carbonyl (C=O) groups is 2. The highest BCUT2D eigenvalue weighted by atomic mass is 32.2. The molecule has 3 rings (SSSR count). The minimum Gasteiger partial charge on any atom is -0.465 e. The zero-order chi connectivity index (χ0) is 17.8. The maximum absolute atomic E-state index is 12.6. The average Bonchev–Trinajstić information content (AvgIpc) is 3.08. The lowest BCUT2D eigenvalue weighted by Gasteiger charge is -2.19. The molecule has 0 aliphatic heterocycles. The molecule has 0 bridgehead atoms. The van der Waals surface area contributed by atoms with Crippen molar-refractivity contribution in [2.24, 2.45) is 0 Å². The summed E-state index contributed by atoms with van der Waals surface area (Å²) in [6.45, 7) is 0. The van der Waals surface area contributed by atoms with Crippen molar-refractivity contribution >= 4 is 34.8 Å². The second-order valence-electron chi connectivity index (χ2n) is 5.29. The third-order valence-corrected chi connectivity index (χ3v) is 4.73. The molecule has 0 radical (unpaired) electrons. The first-order valence-electron chi connectivity index (χ1n) is 7.60. The molecule has 128 valence electrons. The van der Waals surface area contributed by atoms with E-state index in [-0.39, 0.29) is 11.7 Å². The van der Waals surface area contributed by atoms with Crippen LogP contribution in [0.3, 0.4) is 0 Å². The summed E-state index contributed by atoms with van der Waals surface area (Å²) in [5.74, 6) is -0.392. The van der Waals surface area contributed by atoms with E-state index in [1.54, 1.807) is 37.5 Å². The van der Waals surface area contributed by atoms with Gasteiger partial charge in [0.1, 0.15) is 0 Å². The van der Waals surface area contributed by atoms with Gasteiger partial charge in [-0.1, -0.05) is 30.0 Å². The Bertz CT molecular complexity index is 923. The number of para-hydroxylation sites is 1. The number of hydrogen-bond donors (Lipinski definition) is 0. The molecule has 0 atom stereocenters. The minimum absolute atomic E-state index is 0.131. The van der Waals surface area contributed by atoms with Crippen molar-refractivity contribution in [3.63, 3.8) is 0 Å². The third kappa shape index (κ3) is 3.51. The molecule has 7 heteroatoms. The van der Waals surface area contributed by atoms with Gasteiger partial charge in [0.25, 0.3) is 0 Å². The molecule has 0 saturated heterocycles. The molecule has 0 saturated carbocycles. The van der Waals surface area contributed by atoms with Crippen LogP contribution in [0, 0.1) is 0 Å². The van der Waals surface area contributed by atoms with E-state index in [2.05, 4.69) is 4.98 Å². The Kier molecular flexibility index (Phi) is 5.04. The van der Waals surface area contributed by atoms with Crippen LogP contribution in [0.15, 0.2) is 60.0 Å². The molecule has 0 aliphatic carbocycles. The summed E-state index contributed by atoms with van der Waals surface area (Å²) < 4.78 is 6.71. The van der Waals surface area contributed by atoms with E-state index >= 15 is 0 Å². The Hall–Kier alpha value is -2.80. The van der Waals surface area contributed by atoms with E-state index in [0.29, 0.717) is 11.3 Å². The SMILES string of the molecule is COC(=O)c1ccccc1N(C)C(=O)CSc1ncc2ccccn12. The molecule has 0 spiro atoms. The lowest BCUT2D eigenvalue weighted by molar-refractivity contribution is -0.115. The zero-order valence-electron chi connectivity index (χ0n) is 13.9. The van der Waals surface area contributed by atoms with Crippen molar-refractivity contribution in [3.8, 4) is 0 Å². The maximum atomic E-state index is 12.6. The van der Waals surface area contributed by atoms with Gasteiger partial charge in [-0.25, -0.2) is 9.78 Å². The molecule has 2 aromatic heterocycles. The van der Waals surface area contributed by atoms with E-state index in [0.717, 1.165) is 10.7 Å². The molecule has 3 aromatic rings. The molecule has 6 nitrogen and oxygen atoms in total. The molecule has 0 unspecified atom stereocenters. The summed E-state index contributed by atoms with van der Waals surface area (Å²) in [5, 5.41) is 0.749. The van der Waals surface area contributed by atoms with Gasteiger partial charge in [0, 0.05) is 13.2 Å². The van der Waals surface area contributed by atoms with Crippen LogP contribution in [0.25, 0.3) is 5.52 Å². The number of methoxy groups -OCH3 is 1. The summed E-state index contributed by atoms with van der Waals surface area (Å²) in [6, 6.07) is 12.7. The summed E-state index contributed by atoms with van der Waals surface area (Å²) >= 11 is 1.35. The Morgan fingerprint density at radius 3 is 2.76 bits per heavy atom. The van der Waals surface area contributed by atoms with Crippen molar-refractivity contribution in [1.29, 1.82) is 0 Å². The Morgan fingerprint density at radius 2 is 1.96 bits per heavy atom. The van der Waals surface area contributed by atoms with Crippen LogP contribution in [0.1, 0.15) is 10.4 Å². The van der Waals surface area contributed by atoms with Gasteiger partial charge in [0.15, 0.2) is 5.16 Å². The molecule has 0 aliphatic rings. The zero-order valence-corrected chi connectivity index (χ0v) is 14.7. The van der Waals surface area contributed by atoms with Gasteiger partial charge in [-0.05, 0) is 24.3 Å². The minimum atomic E-state index is -0.470. The van der Waals surface area contributed by atoms with Gasteiger partial charge in [0.2, 0.25) is 5.91 Å². The third-order valence-electron chi connectivity index (χ3n) is 3.77. The lowest BCUT2D eigenvalue weighted by atomic mass is 10.1. The van der Waals surface area contributed by atoms with Crippen LogP contribution in [0.5, 0.6) is 0 Å². The van der Waals surface area contributed by atoms with E-state index < -0.39 is 5.97 Å². The number of esters is 1. The number of hydrogen-bond acceptors (Lipinski definition) is 5. The van der Waals surface area contributed by atoms with Gasteiger partial charge < -0.3 is 9.64 Å². The van der Waals surface area contributed by atoms with Crippen LogP contribution in [0.4, 0.5) is 5.69 Å². The fourth-order valence-electron chi connectivity index (χ4n) is 2.43. The summed E-state index contributed by atoms with van der Waals surface area (Å²) in [4.78, 5) is 30.2. The smallest absolute Gasteiger partial charge is 0.339 e. The number of benzene rings is 1. The largest absolute Gasteiger partial charge is 0.465 e. The first-order valence-corrected chi connectivity index (χ1v) is 8.59. The molecular formula is C18H17N3O3S. The highest BCUT2D eigenvalue weighted by Gasteiger charge is 2.19. The Morgan fingerprint density at radius 1 is 1.20 bits per heavy atom. The van der Waals surface area contributed by atoms with Crippen LogP contribution < -0.4 is 4.90 Å². The number of anilines is 1. The first kappa shape index (κ1) is 17.0. The number of aromatic nitrogens is 2. The van der Waals surface area contributed by atoms with Gasteiger partial charge in [-0.2, -0.15) is 0 Å². The van der Waals surface area contributed by atoms with Gasteiger partial charge in [0.05, 0.1) is 35.8 Å². The van der Waals surface area contributed by atoms with Crippen molar-refractivity contribution in [3.05, 3.63) is 60.4 Å². The van der Waals surface area contributed by atoms with E-state index in [1.807, 2.05) is 28.8 Å². The van der Waals surface area contributed by atoms with Crippen LogP contribution in [-0.4, -0.2) is 41.2 Å². The number of carbonyl (C=O) groups excluding carboxylic acids is 2. The van der Waals surface area contributed by atoms with E-state index in [4.69, 9.17) is 4.74 Å². The van der Waals surface area contributed by atoms with E-state index in [9.17, 15) is 9.59 Å². The summed E-state index contributed by atoms with van der Waals surface area (Å²) in [6.07, 6.45) is 3.68.